The Bertz CT molecular complexity index is 2600. The van der Waals surface area contributed by atoms with E-state index in [9.17, 15) is 53.2 Å². The van der Waals surface area contributed by atoms with Gasteiger partial charge in [-0.25, -0.2) is 14.8 Å². The van der Waals surface area contributed by atoms with Crippen molar-refractivity contribution in [1.82, 2.24) is 4.98 Å². The van der Waals surface area contributed by atoms with E-state index in [0.29, 0.717) is 18.1 Å². The summed E-state index contributed by atoms with van der Waals surface area (Å²) in [5.41, 5.74) is -2.35. The van der Waals surface area contributed by atoms with E-state index in [0.717, 1.165) is 18.2 Å². The number of phenolic OH excluding ortho intramolecular Hbond substituents is 2. The summed E-state index contributed by atoms with van der Waals surface area (Å²) in [5, 5.41) is 95.8. The van der Waals surface area contributed by atoms with Gasteiger partial charge in [-0.1, -0.05) is 5.04 Å². The van der Waals surface area contributed by atoms with E-state index in [1.807, 2.05) is 0 Å². The molecule has 0 atom stereocenters. The molecule has 56 heavy (non-hydrogen) atoms. The number of azo groups is 3. The fraction of sp³-hybridized carbons (Fsp3) is 0.0645. The number of rotatable bonds is 14. The average molecular weight is 814 g/mol. The number of aromatic hydroxyl groups is 4. The van der Waals surface area contributed by atoms with Crippen LogP contribution in [0.4, 0.5) is 34.1 Å². The molecule has 0 saturated carbocycles. The predicted molar refractivity (Wildman–Crippen MR) is 188 cm³/mol. The van der Waals surface area contributed by atoms with Gasteiger partial charge in [0, 0.05) is 24.3 Å². The number of carboxylic acid groups (broad SMARTS) is 2. The van der Waals surface area contributed by atoms with E-state index < -0.39 is 67.0 Å². The summed E-state index contributed by atoms with van der Waals surface area (Å²) in [6.07, 6.45) is 0. The molecule has 290 valence electrons. The van der Waals surface area contributed by atoms with Crippen LogP contribution < -0.4 is 9.47 Å². The van der Waals surface area contributed by atoms with E-state index in [2.05, 4.69) is 45.0 Å². The molecular formula is C31H23N7O16S2. The van der Waals surface area contributed by atoms with Crippen LogP contribution in [-0.4, -0.2) is 80.0 Å². The number of nitrogens with zero attached hydrogens (tertiary/aromatic N) is 7. The summed E-state index contributed by atoms with van der Waals surface area (Å²) >= 11 is 0.305. The fourth-order valence-electron chi connectivity index (χ4n) is 4.76. The number of carbonyl (C=O) groups is 2. The lowest BCUT2D eigenvalue weighted by molar-refractivity contribution is -0.432. The fourth-order valence-corrected chi connectivity index (χ4v) is 5.79. The lowest BCUT2D eigenvalue weighted by atomic mass is 10.1. The van der Waals surface area contributed by atoms with Crippen LogP contribution in [0, 0.1) is 0 Å². The lowest BCUT2D eigenvalue weighted by Crippen LogP contribution is -1.98. The van der Waals surface area contributed by atoms with Crippen LogP contribution in [0.15, 0.2) is 95.1 Å². The number of aromatic carboxylic acids is 2. The van der Waals surface area contributed by atoms with Gasteiger partial charge in [-0.2, -0.15) is 18.5 Å². The van der Waals surface area contributed by atoms with Crippen LogP contribution in [-0.2, 0) is 19.5 Å². The normalized spacial score (nSPS) is 11.9. The molecule has 0 radical (unpaired) electrons. The average Bonchev–Trinajstić information content (AvgIpc) is 3.14. The van der Waals surface area contributed by atoms with Gasteiger partial charge in [-0.05, 0) is 35.7 Å². The van der Waals surface area contributed by atoms with E-state index >= 15 is 0 Å². The van der Waals surface area contributed by atoms with Crippen molar-refractivity contribution >= 4 is 79.0 Å². The maximum Gasteiger partial charge on any atom is 0.338 e. The molecule has 0 aliphatic carbocycles. The minimum atomic E-state index is -4.77. The summed E-state index contributed by atoms with van der Waals surface area (Å²) in [4.78, 5) is 26.1. The maximum atomic E-state index is 12.1. The smallest absolute Gasteiger partial charge is 0.338 e. The van der Waals surface area contributed by atoms with Gasteiger partial charge in [0.2, 0.25) is 11.8 Å². The van der Waals surface area contributed by atoms with Crippen LogP contribution in [0.1, 0.15) is 20.7 Å². The number of hydrogen-bond donors (Lipinski definition) is 8. The van der Waals surface area contributed by atoms with Gasteiger partial charge in [0.1, 0.15) is 40.0 Å². The molecule has 0 amide bonds. The number of ether oxygens (including phenoxy) is 2. The summed E-state index contributed by atoms with van der Waals surface area (Å²) < 4.78 is 48.0. The van der Waals surface area contributed by atoms with E-state index in [1.54, 1.807) is 0 Å². The predicted octanol–water partition coefficient (Wildman–Crippen LogP) is 7.39. The standard InChI is InChI=1S/C31H23N7O16S2/c1-51-21-11-19(36-38-27-23(55-54-53-47)6-12-5-14(56(48,49)50)8-20(39)25(12)28(27)41)22(52-2)10-18(21)35-34-17-4-3-13(7-15(17)30(43)44)33-37-26-16(31(45)46)9-24(40)32-29(26)42/h3-11,39,41,47H,1-2H3,(H,43,44)(H,45,46)(H2,32,40,42)(H,48,49,50)/b35-34+,37-33+,38-36+. The van der Waals surface area contributed by atoms with E-state index in [4.69, 9.17) is 14.7 Å². The van der Waals surface area contributed by atoms with Crippen molar-refractivity contribution in [3.8, 4) is 34.8 Å². The van der Waals surface area contributed by atoms with Crippen LogP contribution in [0.5, 0.6) is 34.8 Å². The summed E-state index contributed by atoms with van der Waals surface area (Å²) in [6.45, 7) is 0. The highest BCUT2D eigenvalue weighted by Crippen LogP contribution is 2.48. The molecule has 1 aromatic heterocycles. The minimum absolute atomic E-state index is 0.00207. The molecule has 0 bridgehead atoms. The third-order valence-electron chi connectivity index (χ3n) is 7.23. The number of phenols is 2. The molecule has 0 fully saturated rings. The molecule has 0 aliphatic rings. The highest BCUT2D eigenvalue weighted by atomic mass is 32.2. The molecule has 0 aliphatic heterocycles. The van der Waals surface area contributed by atoms with Gasteiger partial charge in [-0.3, -0.25) is 4.55 Å². The second-order valence-electron chi connectivity index (χ2n) is 10.6. The van der Waals surface area contributed by atoms with Crippen molar-refractivity contribution in [1.29, 1.82) is 0 Å². The first kappa shape index (κ1) is 40.2. The Kier molecular flexibility index (Phi) is 11.9. The quantitative estimate of drug-likeness (QED) is 0.0178. The molecule has 25 heteroatoms. The van der Waals surface area contributed by atoms with Crippen molar-refractivity contribution < 1.29 is 77.3 Å². The Hall–Kier alpha value is -7.03. The molecular weight excluding hydrogens is 791 g/mol. The lowest BCUT2D eigenvalue weighted by Gasteiger charge is -2.12. The van der Waals surface area contributed by atoms with Gasteiger partial charge in [0.05, 0.1) is 58.3 Å². The van der Waals surface area contributed by atoms with Crippen molar-refractivity contribution in [3.63, 3.8) is 0 Å². The van der Waals surface area contributed by atoms with E-state index in [-0.39, 0.29) is 55.6 Å². The minimum Gasteiger partial charge on any atom is -0.507 e. The van der Waals surface area contributed by atoms with Crippen molar-refractivity contribution in [3.05, 3.63) is 65.7 Å². The van der Waals surface area contributed by atoms with Crippen molar-refractivity contribution in [2.45, 2.75) is 9.79 Å². The highest BCUT2D eigenvalue weighted by molar-refractivity contribution is 7.94. The van der Waals surface area contributed by atoms with Gasteiger partial charge in [-0.15, -0.1) is 29.9 Å². The van der Waals surface area contributed by atoms with Crippen molar-refractivity contribution in [2.24, 2.45) is 30.7 Å². The zero-order chi connectivity index (χ0) is 40.9. The van der Waals surface area contributed by atoms with Gasteiger partial charge < -0.3 is 40.1 Å². The first-order valence-electron chi connectivity index (χ1n) is 14.8. The molecule has 0 unspecified atom stereocenters. The van der Waals surface area contributed by atoms with Gasteiger partial charge in [0.15, 0.2) is 11.4 Å². The van der Waals surface area contributed by atoms with Crippen LogP contribution in [0.2, 0.25) is 0 Å². The zero-order valence-electron chi connectivity index (χ0n) is 28.0. The van der Waals surface area contributed by atoms with E-state index in [1.165, 1.54) is 44.6 Å². The number of methoxy groups -OCH3 is 2. The second-order valence-corrected chi connectivity index (χ2v) is 12.8. The van der Waals surface area contributed by atoms with Crippen LogP contribution in [0.25, 0.3) is 10.8 Å². The maximum absolute atomic E-state index is 12.1. The Morgan fingerprint density at radius 2 is 1.34 bits per heavy atom. The third-order valence-corrected chi connectivity index (χ3v) is 8.68. The zero-order valence-corrected chi connectivity index (χ0v) is 29.6. The Balaban J connectivity index is 1.50. The summed E-state index contributed by atoms with van der Waals surface area (Å²) in [6, 6.07) is 9.63. The highest BCUT2D eigenvalue weighted by Gasteiger charge is 2.22. The van der Waals surface area contributed by atoms with Gasteiger partial charge >= 0.3 is 11.9 Å². The molecule has 1 heterocycles. The molecule has 23 nitrogen and oxygen atoms in total. The molecule has 0 saturated heterocycles. The number of carboxylic acids is 2. The Morgan fingerprint density at radius 1 is 0.732 bits per heavy atom. The number of fused-ring (bicyclic) bond motifs is 1. The number of benzene rings is 4. The molecule has 4 aromatic carbocycles. The number of hydrogen-bond acceptors (Lipinski definition) is 21. The first-order valence-corrected chi connectivity index (χ1v) is 16.9. The molecule has 0 spiro atoms. The largest absolute Gasteiger partial charge is 0.507 e. The Labute approximate surface area is 315 Å². The molecule has 5 aromatic rings. The van der Waals surface area contributed by atoms with Crippen LogP contribution >= 0.6 is 12.0 Å². The third kappa shape index (κ3) is 8.67. The second kappa shape index (κ2) is 16.5. The molecule has 5 rings (SSSR count). The molecule has 8 N–H and O–H groups in total. The number of pyridine rings is 1. The Morgan fingerprint density at radius 3 is 1.93 bits per heavy atom. The summed E-state index contributed by atoms with van der Waals surface area (Å²) in [5.74, 6) is -6.22. The SMILES string of the molecule is COc1cc(/N=N/c2c(SOOO)cc3cc(S(=O)(=O)O)cc(O)c3c2O)c(OC)cc1/N=N/c1ccc(/N=N/c2c(C(=O)O)cc(O)nc2O)cc1C(=O)O. The summed E-state index contributed by atoms with van der Waals surface area (Å²) in [7, 11) is -2.24. The monoisotopic (exact) mass is 813 g/mol. The van der Waals surface area contributed by atoms with Gasteiger partial charge in [0.25, 0.3) is 10.1 Å². The van der Waals surface area contributed by atoms with Crippen molar-refractivity contribution in [2.75, 3.05) is 14.2 Å². The number of aromatic nitrogens is 1. The first-order chi connectivity index (χ1) is 26.6. The van der Waals surface area contributed by atoms with Crippen LogP contribution in [0.3, 0.4) is 0 Å². The topological polar surface area (TPSA) is 354 Å².